The molecule has 8 heteroatoms. The molecule has 112 valence electrons. The highest BCUT2D eigenvalue weighted by Gasteiger charge is 2.29. The molecular formula is C12H18N2O4S2. The molecule has 0 bridgehead atoms. The lowest BCUT2D eigenvalue weighted by molar-refractivity contribution is -0.123. The van der Waals surface area contributed by atoms with Crippen LogP contribution in [0.1, 0.15) is 24.6 Å². The van der Waals surface area contributed by atoms with Gasteiger partial charge in [-0.2, -0.15) is 0 Å². The zero-order chi connectivity index (χ0) is 14.8. The maximum absolute atomic E-state index is 12.0. The predicted octanol–water partition coefficient (Wildman–Crippen LogP) is 0.623. The molecule has 0 aromatic carbocycles. The van der Waals surface area contributed by atoms with Crippen LogP contribution in [0.15, 0.2) is 16.3 Å². The zero-order valence-electron chi connectivity index (χ0n) is 11.2. The van der Waals surface area contributed by atoms with E-state index in [0.29, 0.717) is 18.1 Å². The molecule has 1 amide bonds. The lowest BCUT2D eigenvalue weighted by atomic mass is 9.92. The molecule has 0 aliphatic carbocycles. The Bertz CT molecular complexity index is 588. The van der Waals surface area contributed by atoms with Gasteiger partial charge >= 0.3 is 0 Å². The van der Waals surface area contributed by atoms with E-state index in [1.165, 1.54) is 6.07 Å². The normalized spacial score (nSPS) is 18.7. The van der Waals surface area contributed by atoms with Gasteiger partial charge in [0.25, 0.3) is 0 Å². The van der Waals surface area contributed by atoms with Crippen LogP contribution in [0.2, 0.25) is 0 Å². The summed E-state index contributed by atoms with van der Waals surface area (Å²) < 4.78 is 27.7. The standard InChI is InChI=1S/C12H18N2O4S2/c1-12(4-6-18-7-5-12)14-10(15)8-9-2-3-11(19-9)20(13,16)17/h2-3H,4-8H2,1H3,(H,14,15)(H2,13,16,17). The molecule has 0 spiro atoms. The smallest absolute Gasteiger partial charge is 0.247 e. The number of amides is 1. The second-order valence-electron chi connectivity index (χ2n) is 5.16. The van der Waals surface area contributed by atoms with Crippen molar-refractivity contribution >= 4 is 27.3 Å². The van der Waals surface area contributed by atoms with Gasteiger partial charge in [-0.25, -0.2) is 13.6 Å². The zero-order valence-corrected chi connectivity index (χ0v) is 12.9. The lowest BCUT2D eigenvalue weighted by Crippen LogP contribution is -2.50. The van der Waals surface area contributed by atoms with Crippen molar-refractivity contribution in [2.24, 2.45) is 5.14 Å². The number of hydrogen-bond donors (Lipinski definition) is 2. The first-order valence-electron chi connectivity index (χ1n) is 6.29. The summed E-state index contributed by atoms with van der Waals surface area (Å²) in [6.45, 7) is 3.29. The summed E-state index contributed by atoms with van der Waals surface area (Å²) >= 11 is 1.03. The van der Waals surface area contributed by atoms with Gasteiger partial charge in [0.2, 0.25) is 15.9 Å². The maximum Gasteiger partial charge on any atom is 0.247 e. The summed E-state index contributed by atoms with van der Waals surface area (Å²) in [4.78, 5) is 12.7. The van der Waals surface area contributed by atoms with Crippen molar-refractivity contribution in [1.29, 1.82) is 0 Å². The molecule has 0 saturated carbocycles. The number of thiophene rings is 1. The molecule has 1 fully saturated rings. The van der Waals surface area contributed by atoms with Gasteiger partial charge in [0.05, 0.1) is 6.42 Å². The van der Waals surface area contributed by atoms with Gasteiger partial charge in [-0.15, -0.1) is 11.3 Å². The number of carbonyl (C=O) groups excluding carboxylic acids is 1. The third-order valence-electron chi connectivity index (χ3n) is 3.29. The monoisotopic (exact) mass is 318 g/mol. The van der Waals surface area contributed by atoms with E-state index in [9.17, 15) is 13.2 Å². The highest BCUT2D eigenvalue weighted by molar-refractivity contribution is 7.91. The number of primary sulfonamides is 1. The van der Waals surface area contributed by atoms with E-state index in [1.807, 2.05) is 6.92 Å². The second-order valence-corrected chi connectivity index (χ2v) is 8.12. The number of nitrogens with one attached hydrogen (secondary N) is 1. The fourth-order valence-corrected chi connectivity index (χ4v) is 3.87. The van der Waals surface area contributed by atoms with Gasteiger partial charge in [0.1, 0.15) is 4.21 Å². The van der Waals surface area contributed by atoms with Gasteiger partial charge in [0.15, 0.2) is 0 Å². The molecule has 1 saturated heterocycles. The molecule has 0 radical (unpaired) electrons. The summed E-state index contributed by atoms with van der Waals surface area (Å²) in [5.74, 6) is -0.114. The van der Waals surface area contributed by atoms with Crippen LogP contribution in [0.4, 0.5) is 0 Å². The van der Waals surface area contributed by atoms with E-state index < -0.39 is 10.0 Å². The van der Waals surface area contributed by atoms with Crippen molar-refractivity contribution in [2.45, 2.75) is 35.9 Å². The van der Waals surface area contributed by atoms with Crippen molar-refractivity contribution in [2.75, 3.05) is 13.2 Å². The van der Waals surface area contributed by atoms with Gasteiger partial charge in [0, 0.05) is 23.6 Å². The average molecular weight is 318 g/mol. The van der Waals surface area contributed by atoms with E-state index in [1.54, 1.807) is 6.07 Å². The van der Waals surface area contributed by atoms with Crippen molar-refractivity contribution in [3.8, 4) is 0 Å². The van der Waals surface area contributed by atoms with Gasteiger partial charge in [-0.3, -0.25) is 4.79 Å². The molecule has 0 atom stereocenters. The molecule has 2 heterocycles. The van der Waals surface area contributed by atoms with Crippen molar-refractivity contribution in [3.05, 3.63) is 17.0 Å². The highest BCUT2D eigenvalue weighted by Crippen LogP contribution is 2.22. The molecule has 2 rings (SSSR count). The fraction of sp³-hybridized carbons (Fsp3) is 0.583. The minimum absolute atomic E-state index is 0.0811. The van der Waals surface area contributed by atoms with Gasteiger partial charge < -0.3 is 10.1 Å². The van der Waals surface area contributed by atoms with E-state index in [-0.39, 0.29) is 22.1 Å². The third kappa shape index (κ3) is 4.02. The first-order chi connectivity index (χ1) is 9.28. The lowest BCUT2D eigenvalue weighted by Gasteiger charge is -2.34. The number of ether oxygens (including phenoxy) is 1. The van der Waals surface area contributed by atoms with Crippen LogP contribution in [-0.4, -0.2) is 33.1 Å². The molecule has 0 unspecified atom stereocenters. The molecule has 1 aromatic heterocycles. The Morgan fingerprint density at radius 3 is 2.65 bits per heavy atom. The minimum Gasteiger partial charge on any atom is -0.381 e. The van der Waals surface area contributed by atoms with Crippen molar-refractivity contribution < 1.29 is 17.9 Å². The molecule has 1 aliphatic rings. The van der Waals surface area contributed by atoms with Crippen LogP contribution in [-0.2, 0) is 26.0 Å². The maximum atomic E-state index is 12.0. The Morgan fingerprint density at radius 2 is 2.10 bits per heavy atom. The summed E-state index contributed by atoms with van der Waals surface area (Å²) in [5, 5.41) is 8.04. The quantitative estimate of drug-likeness (QED) is 0.850. The van der Waals surface area contributed by atoms with Crippen LogP contribution in [0, 0.1) is 0 Å². The number of hydrogen-bond acceptors (Lipinski definition) is 5. The van der Waals surface area contributed by atoms with Crippen LogP contribution >= 0.6 is 11.3 Å². The number of nitrogens with two attached hydrogens (primary N) is 1. The molecule has 1 aliphatic heterocycles. The molecule has 6 nitrogen and oxygen atoms in total. The van der Waals surface area contributed by atoms with Crippen LogP contribution in [0.25, 0.3) is 0 Å². The number of rotatable bonds is 4. The summed E-state index contributed by atoms with van der Waals surface area (Å²) in [6.07, 6.45) is 1.73. The molecule has 3 N–H and O–H groups in total. The Balaban J connectivity index is 1.96. The van der Waals surface area contributed by atoms with Crippen molar-refractivity contribution in [3.63, 3.8) is 0 Å². The van der Waals surface area contributed by atoms with Crippen molar-refractivity contribution in [1.82, 2.24) is 5.32 Å². The van der Waals surface area contributed by atoms with Crippen LogP contribution < -0.4 is 10.5 Å². The third-order valence-corrected chi connectivity index (χ3v) is 5.81. The van der Waals surface area contributed by atoms with Gasteiger partial charge in [-0.05, 0) is 31.9 Å². The minimum atomic E-state index is -3.69. The van der Waals surface area contributed by atoms with E-state index in [4.69, 9.17) is 9.88 Å². The Morgan fingerprint density at radius 1 is 1.45 bits per heavy atom. The predicted molar refractivity (Wildman–Crippen MR) is 76.0 cm³/mol. The molecular weight excluding hydrogens is 300 g/mol. The Labute approximate surface area is 122 Å². The summed E-state index contributed by atoms with van der Waals surface area (Å²) in [5.41, 5.74) is -0.241. The summed E-state index contributed by atoms with van der Waals surface area (Å²) in [7, 11) is -3.69. The molecule has 1 aromatic rings. The van der Waals surface area contributed by atoms with E-state index in [2.05, 4.69) is 5.32 Å². The largest absolute Gasteiger partial charge is 0.381 e. The Kier molecular flexibility index (Phi) is 4.48. The highest BCUT2D eigenvalue weighted by atomic mass is 32.2. The van der Waals surface area contributed by atoms with Crippen LogP contribution in [0.3, 0.4) is 0 Å². The van der Waals surface area contributed by atoms with Crippen LogP contribution in [0.5, 0.6) is 0 Å². The molecule has 20 heavy (non-hydrogen) atoms. The average Bonchev–Trinajstić information content (AvgIpc) is 2.77. The number of sulfonamides is 1. The van der Waals surface area contributed by atoms with E-state index in [0.717, 1.165) is 24.2 Å². The van der Waals surface area contributed by atoms with E-state index >= 15 is 0 Å². The number of carbonyl (C=O) groups is 1. The van der Waals surface area contributed by atoms with Gasteiger partial charge in [-0.1, -0.05) is 0 Å². The first kappa shape index (κ1) is 15.4. The first-order valence-corrected chi connectivity index (χ1v) is 8.65. The Hall–Kier alpha value is -0.960. The SMILES string of the molecule is CC1(NC(=O)Cc2ccc(S(N)(=O)=O)s2)CCOCC1. The fourth-order valence-electron chi connectivity index (χ4n) is 2.09. The summed E-state index contributed by atoms with van der Waals surface area (Å²) in [6, 6.07) is 3.05. The topological polar surface area (TPSA) is 98.5 Å². The second kappa shape index (κ2) is 5.80.